The second kappa shape index (κ2) is 30.1. The van der Waals surface area contributed by atoms with Crippen LogP contribution in [0.1, 0.15) is 174 Å². The van der Waals surface area contributed by atoms with Crippen molar-refractivity contribution >= 4 is 10.1 Å². The first kappa shape index (κ1) is 37.0. The largest absolute Gasteiger partial charge is 0.323 e. The molecule has 0 rings (SSSR count). The lowest BCUT2D eigenvalue weighted by atomic mass is 10.0. The zero-order chi connectivity index (χ0) is 26.5. The van der Waals surface area contributed by atoms with Crippen molar-refractivity contribution in [2.45, 2.75) is 180 Å². The highest BCUT2D eigenvalue weighted by molar-refractivity contribution is 7.86. The average molecular weight is 520 g/mol. The summed E-state index contributed by atoms with van der Waals surface area (Å²) in [6.45, 7) is 4.49. The molecular formula is C30H65NO3S. The number of hydrogen-bond donors (Lipinski definition) is 2. The molecule has 35 heavy (non-hydrogen) atoms. The number of unbranched alkanes of at least 4 members (excludes halogenated alkanes) is 21. The quantitative estimate of drug-likeness (QED) is 0.0881. The molecule has 0 fully saturated rings. The van der Waals surface area contributed by atoms with Crippen molar-refractivity contribution in [3.05, 3.63) is 0 Å². The summed E-state index contributed by atoms with van der Waals surface area (Å²) in [6.07, 6.45) is 30.8. The van der Waals surface area contributed by atoms with Gasteiger partial charge < -0.3 is 5.32 Å². The minimum Gasteiger partial charge on any atom is -0.323 e. The lowest BCUT2D eigenvalue weighted by Gasteiger charge is -2.13. The van der Waals surface area contributed by atoms with E-state index in [2.05, 4.69) is 19.2 Å². The van der Waals surface area contributed by atoms with Crippen LogP contribution >= 0.6 is 0 Å². The fourth-order valence-electron chi connectivity index (χ4n) is 4.69. The third-order valence-corrected chi connectivity index (χ3v) is 8.24. The molecule has 0 saturated heterocycles. The Morgan fingerprint density at radius 2 is 0.686 bits per heavy atom. The fraction of sp³-hybridized carbons (Fsp3) is 1.00. The molecule has 0 aliphatic rings. The molecule has 2 N–H and O–H groups in total. The van der Waals surface area contributed by atoms with Gasteiger partial charge in [-0.3, -0.25) is 4.55 Å². The van der Waals surface area contributed by atoms with Crippen molar-refractivity contribution in [3.63, 3.8) is 0 Å². The normalized spacial score (nSPS) is 12.4. The maximum Gasteiger partial charge on any atom is 0.267 e. The lowest BCUT2D eigenvalue weighted by molar-refractivity contribution is 0.442. The average Bonchev–Trinajstić information content (AvgIpc) is 2.81. The van der Waals surface area contributed by atoms with Gasteiger partial charge in [0.2, 0.25) is 0 Å². The van der Waals surface area contributed by atoms with E-state index in [1.165, 1.54) is 122 Å². The Hall–Kier alpha value is -0.130. The SMILES string of the molecule is CCCCCCCCCCCCCCCCCCC(CCCCCCCCC)S(=O)(=O)O.CNC. The van der Waals surface area contributed by atoms with Gasteiger partial charge in [-0.2, -0.15) is 8.42 Å². The first-order valence-electron chi connectivity index (χ1n) is 15.5. The van der Waals surface area contributed by atoms with Crippen molar-refractivity contribution in [1.82, 2.24) is 5.32 Å². The molecular weight excluding hydrogens is 454 g/mol. The molecule has 1 unspecified atom stereocenters. The molecule has 0 heterocycles. The molecule has 0 spiro atoms. The van der Waals surface area contributed by atoms with Crippen LogP contribution in [0.3, 0.4) is 0 Å². The fourth-order valence-corrected chi connectivity index (χ4v) is 5.62. The highest BCUT2D eigenvalue weighted by atomic mass is 32.2. The van der Waals surface area contributed by atoms with Crippen LogP contribution in [0.4, 0.5) is 0 Å². The molecule has 4 nitrogen and oxygen atoms in total. The first-order chi connectivity index (χ1) is 16.9. The second-order valence-electron chi connectivity index (χ2n) is 10.6. The van der Waals surface area contributed by atoms with E-state index in [1.807, 2.05) is 14.1 Å². The molecule has 214 valence electrons. The second-order valence-corrected chi connectivity index (χ2v) is 12.3. The molecule has 0 aliphatic carbocycles. The Balaban J connectivity index is 0. The van der Waals surface area contributed by atoms with E-state index >= 15 is 0 Å². The minimum atomic E-state index is -3.89. The smallest absolute Gasteiger partial charge is 0.267 e. The molecule has 1 atom stereocenters. The Morgan fingerprint density at radius 1 is 0.486 bits per heavy atom. The molecule has 0 radical (unpaired) electrons. The van der Waals surface area contributed by atoms with Crippen LogP contribution in [0.25, 0.3) is 0 Å². The Bertz CT molecular complexity index is 482. The van der Waals surface area contributed by atoms with Crippen LogP contribution < -0.4 is 5.32 Å². The summed E-state index contributed by atoms with van der Waals surface area (Å²) in [5.41, 5.74) is 0. The van der Waals surface area contributed by atoms with Crippen molar-refractivity contribution < 1.29 is 13.0 Å². The van der Waals surface area contributed by atoms with E-state index in [0.717, 1.165) is 25.7 Å². The van der Waals surface area contributed by atoms with Gasteiger partial charge in [-0.15, -0.1) is 0 Å². The summed E-state index contributed by atoms with van der Waals surface area (Å²) in [5.74, 6) is 0. The van der Waals surface area contributed by atoms with E-state index in [-0.39, 0.29) is 0 Å². The summed E-state index contributed by atoms with van der Waals surface area (Å²) in [5, 5.41) is 2.21. The highest BCUT2D eigenvalue weighted by Crippen LogP contribution is 2.20. The minimum absolute atomic E-state index is 0.537. The molecule has 5 heteroatoms. The summed E-state index contributed by atoms with van der Waals surface area (Å²) in [6, 6.07) is 0. The van der Waals surface area contributed by atoms with Gasteiger partial charge >= 0.3 is 0 Å². The zero-order valence-electron chi connectivity index (χ0n) is 24.4. The van der Waals surface area contributed by atoms with Crippen LogP contribution in [0.2, 0.25) is 0 Å². The number of hydrogen-bond acceptors (Lipinski definition) is 3. The Morgan fingerprint density at radius 3 is 0.886 bits per heavy atom. The summed E-state index contributed by atoms with van der Waals surface area (Å²) in [7, 11) is -0.137. The molecule has 0 aliphatic heterocycles. The summed E-state index contributed by atoms with van der Waals surface area (Å²) >= 11 is 0. The predicted octanol–water partition coefficient (Wildman–Crippen LogP) is 9.87. The van der Waals surface area contributed by atoms with Crippen molar-refractivity contribution in [1.29, 1.82) is 0 Å². The predicted molar refractivity (Wildman–Crippen MR) is 157 cm³/mol. The van der Waals surface area contributed by atoms with Gasteiger partial charge in [-0.05, 0) is 26.9 Å². The third-order valence-electron chi connectivity index (χ3n) is 6.93. The first-order valence-corrected chi connectivity index (χ1v) is 17.0. The summed E-state index contributed by atoms with van der Waals surface area (Å²) in [4.78, 5) is 0. The van der Waals surface area contributed by atoms with E-state index in [9.17, 15) is 13.0 Å². The maximum atomic E-state index is 11.7. The van der Waals surface area contributed by atoms with Crippen molar-refractivity contribution in [2.24, 2.45) is 0 Å². The van der Waals surface area contributed by atoms with Crippen LogP contribution in [-0.2, 0) is 10.1 Å². The molecule has 0 amide bonds. The monoisotopic (exact) mass is 519 g/mol. The molecule has 0 saturated carbocycles. The van der Waals surface area contributed by atoms with E-state index in [4.69, 9.17) is 0 Å². The third kappa shape index (κ3) is 31.8. The van der Waals surface area contributed by atoms with Crippen LogP contribution in [0, 0.1) is 0 Å². The van der Waals surface area contributed by atoms with Gasteiger partial charge in [-0.25, -0.2) is 0 Å². The number of nitrogens with one attached hydrogen (secondary N) is 1. The van der Waals surface area contributed by atoms with E-state index in [1.54, 1.807) is 0 Å². The molecule has 0 aromatic heterocycles. The van der Waals surface area contributed by atoms with Gasteiger partial charge in [0.15, 0.2) is 0 Å². The molecule has 0 bridgehead atoms. The maximum absolute atomic E-state index is 11.7. The van der Waals surface area contributed by atoms with E-state index in [0.29, 0.717) is 12.8 Å². The Kier molecular flexibility index (Phi) is 31.8. The molecule has 0 aromatic rings. The van der Waals surface area contributed by atoms with Crippen molar-refractivity contribution in [2.75, 3.05) is 14.1 Å². The highest BCUT2D eigenvalue weighted by Gasteiger charge is 2.21. The van der Waals surface area contributed by atoms with Gasteiger partial charge in [0.25, 0.3) is 10.1 Å². The van der Waals surface area contributed by atoms with Gasteiger partial charge in [0, 0.05) is 0 Å². The van der Waals surface area contributed by atoms with Crippen LogP contribution in [-0.4, -0.2) is 32.3 Å². The summed E-state index contributed by atoms with van der Waals surface area (Å²) < 4.78 is 32.9. The van der Waals surface area contributed by atoms with Crippen LogP contribution in [0.15, 0.2) is 0 Å². The van der Waals surface area contributed by atoms with Gasteiger partial charge in [-0.1, -0.05) is 162 Å². The zero-order valence-corrected chi connectivity index (χ0v) is 25.2. The van der Waals surface area contributed by atoms with Gasteiger partial charge in [0.1, 0.15) is 0 Å². The lowest BCUT2D eigenvalue weighted by Crippen LogP contribution is -2.20. The number of rotatable bonds is 26. The standard InChI is InChI=1S/C28H58O3S.C2H7N/c1-3-5-7-9-11-12-13-14-15-16-17-18-19-21-23-25-27-28(32(29,30)31)26-24-22-20-10-8-6-4-2;1-3-2/h28H,3-27H2,1-2H3,(H,29,30,31);3H,1-2H3. The van der Waals surface area contributed by atoms with E-state index < -0.39 is 15.4 Å². The van der Waals surface area contributed by atoms with Crippen LogP contribution in [0.5, 0.6) is 0 Å². The van der Waals surface area contributed by atoms with Crippen molar-refractivity contribution in [3.8, 4) is 0 Å². The topological polar surface area (TPSA) is 66.4 Å². The van der Waals surface area contributed by atoms with Gasteiger partial charge in [0.05, 0.1) is 5.25 Å². The molecule has 0 aromatic carbocycles. The Labute approximate surface area is 222 Å².